The van der Waals surface area contributed by atoms with Crippen molar-refractivity contribution in [3.63, 3.8) is 0 Å². The lowest BCUT2D eigenvalue weighted by atomic mass is 10.1. The van der Waals surface area contributed by atoms with Crippen molar-refractivity contribution >= 4 is 17.8 Å². The number of nitrogens with one attached hydrogen (secondary N) is 1. The number of carboxylic acid groups (broad SMARTS) is 1. The molecule has 2 atom stereocenters. The van der Waals surface area contributed by atoms with Crippen molar-refractivity contribution in [2.75, 3.05) is 6.61 Å². The molecular weight excluding hydrogens is 228 g/mol. The number of nitrogens with two attached hydrogens (primary N) is 1. The largest absolute Gasteiger partial charge is 0.481 e. The van der Waals surface area contributed by atoms with E-state index in [1.54, 1.807) is 6.92 Å². The Bertz CT molecular complexity index is 292. The predicted molar refractivity (Wildman–Crippen MR) is 59.1 cm³/mol. The van der Waals surface area contributed by atoms with Crippen LogP contribution in [0.4, 0.5) is 0 Å². The number of carbonyl (C=O) groups excluding carboxylic acids is 2. The summed E-state index contributed by atoms with van der Waals surface area (Å²) >= 11 is 0. The monoisotopic (exact) mass is 246 g/mol. The number of esters is 1. The minimum Gasteiger partial charge on any atom is -0.481 e. The lowest BCUT2D eigenvalue weighted by Gasteiger charge is -2.15. The first-order chi connectivity index (χ1) is 7.88. The summed E-state index contributed by atoms with van der Waals surface area (Å²) < 4.78 is 4.69. The molecule has 7 heteroatoms. The summed E-state index contributed by atoms with van der Waals surface area (Å²) in [6.07, 6.45) is -0.168. The van der Waals surface area contributed by atoms with Crippen LogP contribution in [-0.4, -0.2) is 41.6 Å². The van der Waals surface area contributed by atoms with Crippen molar-refractivity contribution in [3.05, 3.63) is 0 Å². The fourth-order valence-electron chi connectivity index (χ4n) is 1.06. The number of carboxylic acids is 1. The van der Waals surface area contributed by atoms with Gasteiger partial charge in [-0.15, -0.1) is 0 Å². The molecule has 0 spiro atoms. The number of aliphatic carboxylic acids is 1. The third-order valence-corrected chi connectivity index (χ3v) is 2.00. The summed E-state index contributed by atoms with van der Waals surface area (Å²) in [5.41, 5.74) is 5.46. The molecule has 0 heterocycles. The Kier molecular flexibility index (Phi) is 6.88. The number of rotatable bonds is 7. The highest BCUT2D eigenvalue weighted by molar-refractivity contribution is 5.87. The van der Waals surface area contributed by atoms with Crippen LogP contribution < -0.4 is 11.1 Å². The molecule has 0 aromatic rings. The summed E-state index contributed by atoms with van der Waals surface area (Å²) in [5.74, 6) is -2.13. The molecule has 0 aliphatic carbocycles. The average Bonchev–Trinajstić information content (AvgIpc) is 2.25. The van der Waals surface area contributed by atoms with Gasteiger partial charge < -0.3 is 20.9 Å². The molecule has 0 saturated heterocycles. The van der Waals surface area contributed by atoms with E-state index in [0.717, 1.165) is 0 Å². The van der Waals surface area contributed by atoms with Crippen LogP contribution in [0.25, 0.3) is 0 Å². The zero-order chi connectivity index (χ0) is 13.4. The molecule has 0 fully saturated rings. The summed E-state index contributed by atoms with van der Waals surface area (Å²) in [6.45, 7) is 3.36. The van der Waals surface area contributed by atoms with E-state index in [0.29, 0.717) is 0 Å². The number of ether oxygens (including phenoxy) is 1. The zero-order valence-corrected chi connectivity index (χ0v) is 9.93. The van der Waals surface area contributed by atoms with Crippen LogP contribution in [0.15, 0.2) is 0 Å². The highest BCUT2D eigenvalue weighted by Crippen LogP contribution is 1.96. The maximum Gasteiger partial charge on any atom is 0.328 e. The van der Waals surface area contributed by atoms with Crippen LogP contribution in [0, 0.1) is 0 Å². The number of carbonyl (C=O) groups is 3. The van der Waals surface area contributed by atoms with Gasteiger partial charge in [-0.3, -0.25) is 9.59 Å². The first-order valence-electron chi connectivity index (χ1n) is 5.32. The minimum atomic E-state index is -1.02. The van der Waals surface area contributed by atoms with Crippen LogP contribution in [0.3, 0.4) is 0 Å². The van der Waals surface area contributed by atoms with Crippen LogP contribution in [-0.2, 0) is 19.1 Å². The van der Waals surface area contributed by atoms with Gasteiger partial charge in [0.1, 0.15) is 6.04 Å². The van der Waals surface area contributed by atoms with E-state index in [4.69, 9.17) is 15.6 Å². The molecule has 98 valence electrons. The van der Waals surface area contributed by atoms with Crippen molar-refractivity contribution in [1.82, 2.24) is 5.32 Å². The van der Waals surface area contributed by atoms with Crippen LogP contribution >= 0.6 is 0 Å². The first-order valence-corrected chi connectivity index (χ1v) is 5.32. The molecule has 7 nitrogen and oxygen atoms in total. The van der Waals surface area contributed by atoms with E-state index in [-0.39, 0.29) is 19.4 Å². The molecule has 17 heavy (non-hydrogen) atoms. The molecule has 0 aromatic carbocycles. The quantitative estimate of drug-likeness (QED) is 0.508. The highest BCUT2D eigenvalue weighted by Gasteiger charge is 2.21. The van der Waals surface area contributed by atoms with Gasteiger partial charge >= 0.3 is 11.9 Å². The molecule has 4 N–H and O–H groups in total. The third kappa shape index (κ3) is 6.52. The van der Waals surface area contributed by atoms with Crippen molar-refractivity contribution in [2.45, 2.75) is 38.8 Å². The van der Waals surface area contributed by atoms with E-state index < -0.39 is 29.9 Å². The zero-order valence-electron chi connectivity index (χ0n) is 9.93. The second-order valence-corrected chi connectivity index (χ2v) is 3.52. The van der Waals surface area contributed by atoms with Crippen LogP contribution in [0.2, 0.25) is 0 Å². The molecule has 0 rings (SSSR count). The van der Waals surface area contributed by atoms with Crippen molar-refractivity contribution in [3.8, 4) is 0 Å². The number of amides is 1. The second kappa shape index (κ2) is 7.61. The normalized spacial score (nSPS) is 13.6. The van der Waals surface area contributed by atoms with Gasteiger partial charge in [0.05, 0.1) is 12.6 Å². The van der Waals surface area contributed by atoms with Gasteiger partial charge in [0.2, 0.25) is 5.91 Å². The SMILES string of the molecule is CCOC(=O)C(C)NC(=O)C(N)CCC(=O)O. The summed E-state index contributed by atoms with van der Waals surface area (Å²) in [6, 6.07) is -1.73. The molecule has 0 aliphatic heterocycles. The van der Waals surface area contributed by atoms with Gasteiger partial charge in [0.25, 0.3) is 0 Å². The Labute approximate surface area is 99.3 Å². The average molecular weight is 246 g/mol. The Hall–Kier alpha value is -1.63. The Morgan fingerprint density at radius 1 is 1.41 bits per heavy atom. The molecule has 2 unspecified atom stereocenters. The first kappa shape index (κ1) is 15.4. The number of hydrogen-bond acceptors (Lipinski definition) is 5. The van der Waals surface area contributed by atoms with E-state index in [9.17, 15) is 14.4 Å². The van der Waals surface area contributed by atoms with E-state index in [2.05, 4.69) is 5.32 Å². The Morgan fingerprint density at radius 3 is 2.47 bits per heavy atom. The van der Waals surface area contributed by atoms with E-state index >= 15 is 0 Å². The fraction of sp³-hybridized carbons (Fsp3) is 0.700. The molecular formula is C10H18N2O5. The molecule has 1 amide bonds. The maximum atomic E-state index is 11.4. The third-order valence-electron chi connectivity index (χ3n) is 2.00. The maximum absolute atomic E-state index is 11.4. The van der Waals surface area contributed by atoms with Crippen molar-refractivity contribution in [1.29, 1.82) is 0 Å². The van der Waals surface area contributed by atoms with E-state index in [1.807, 2.05) is 0 Å². The summed E-state index contributed by atoms with van der Waals surface area (Å²) in [5, 5.41) is 10.8. The predicted octanol–water partition coefficient (Wildman–Crippen LogP) is -0.754. The number of hydrogen-bond donors (Lipinski definition) is 3. The molecule has 0 saturated carbocycles. The smallest absolute Gasteiger partial charge is 0.328 e. The Morgan fingerprint density at radius 2 is 2.00 bits per heavy atom. The van der Waals surface area contributed by atoms with Gasteiger partial charge in [-0.05, 0) is 20.3 Å². The van der Waals surface area contributed by atoms with Gasteiger partial charge in [0, 0.05) is 6.42 Å². The standard InChI is InChI=1S/C10H18N2O5/c1-3-17-10(16)6(2)12-9(15)7(11)4-5-8(13)14/h6-7H,3-5,11H2,1-2H3,(H,12,15)(H,13,14). The highest BCUT2D eigenvalue weighted by atomic mass is 16.5. The van der Waals surface area contributed by atoms with Crippen molar-refractivity contribution in [2.24, 2.45) is 5.73 Å². The fourth-order valence-corrected chi connectivity index (χ4v) is 1.06. The van der Waals surface area contributed by atoms with Gasteiger partial charge in [-0.25, -0.2) is 4.79 Å². The molecule has 0 aromatic heterocycles. The minimum absolute atomic E-state index is 0.0245. The summed E-state index contributed by atoms with van der Waals surface area (Å²) in [4.78, 5) is 32.9. The lowest BCUT2D eigenvalue weighted by Crippen LogP contribution is -2.47. The molecule has 0 bridgehead atoms. The van der Waals surface area contributed by atoms with Gasteiger partial charge in [-0.2, -0.15) is 0 Å². The Balaban J connectivity index is 4.06. The van der Waals surface area contributed by atoms with Gasteiger partial charge in [0.15, 0.2) is 0 Å². The van der Waals surface area contributed by atoms with Gasteiger partial charge in [-0.1, -0.05) is 0 Å². The summed E-state index contributed by atoms with van der Waals surface area (Å²) in [7, 11) is 0. The van der Waals surface area contributed by atoms with Crippen LogP contribution in [0.1, 0.15) is 26.7 Å². The molecule has 0 aliphatic rings. The van der Waals surface area contributed by atoms with Crippen LogP contribution in [0.5, 0.6) is 0 Å². The molecule has 0 radical (unpaired) electrons. The topological polar surface area (TPSA) is 119 Å². The van der Waals surface area contributed by atoms with Crippen molar-refractivity contribution < 1.29 is 24.2 Å². The second-order valence-electron chi connectivity index (χ2n) is 3.52. The lowest BCUT2D eigenvalue weighted by molar-refractivity contribution is -0.147. The van der Waals surface area contributed by atoms with E-state index in [1.165, 1.54) is 6.92 Å².